The van der Waals surface area contributed by atoms with Crippen molar-refractivity contribution in [2.45, 2.75) is 19.0 Å². The molecule has 2 aliphatic heterocycles. The van der Waals surface area contributed by atoms with E-state index in [1.807, 2.05) is 0 Å². The van der Waals surface area contributed by atoms with Gasteiger partial charge in [0.1, 0.15) is 0 Å². The number of morpholine rings is 1. The molecule has 0 spiro atoms. The number of likely N-dealkylation sites (tertiary alicyclic amines) is 1. The first-order valence-electron chi connectivity index (χ1n) is 8.05. The number of hydrogen-bond acceptors (Lipinski definition) is 4. The van der Waals surface area contributed by atoms with Gasteiger partial charge in [-0.3, -0.25) is 9.80 Å². The van der Waals surface area contributed by atoms with Crippen LogP contribution in [0, 0.1) is 5.92 Å². The maximum absolute atomic E-state index is 5.84. The van der Waals surface area contributed by atoms with Crippen LogP contribution in [0.4, 0.5) is 0 Å². The van der Waals surface area contributed by atoms with Crippen LogP contribution in [0.25, 0.3) is 0 Å². The van der Waals surface area contributed by atoms with Crippen LogP contribution in [0.15, 0.2) is 24.3 Å². The molecule has 0 saturated carbocycles. The normalized spacial score (nSPS) is 28.1. The molecule has 2 atom stereocenters. The minimum absolute atomic E-state index is 0.531. The van der Waals surface area contributed by atoms with E-state index in [0.29, 0.717) is 12.0 Å². The molecular formula is C17H27N3O. The second-order valence-electron chi connectivity index (χ2n) is 6.43. The third-order valence-electron chi connectivity index (χ3n) is 4.81. The second-order valence-corrected chi connectivity index (χ2v) is 6.43. The molecule has 0 aliphatic carbocycles. The predicted octanol–water partition coefficient (Wildman–Crippen LogP) is 1.47. The standard InChI is InChI=1S/C17H27N3O/c1-19-12-15(11-18)10-17(19)16-4-2-3-14(9-16)13-20-5-7-21-8-6-20/h2-4,9,15,17H,5-8,10-13,18H2,1H3. The van der Waals surface area contributed by atoms with Crippen molar-refractivity contribution in [1.29, 1.82) is 0 Å². The maximum atomic E-state index is 5.84. The topological polar surface area (TPSA) is 41.7 Å². The predicted molar refractivity (Wildman–Crippen MR) is 85.1 cm³/mol. The van der Waals surface area contributed by atoms with Crippen molar-refractivity contribution in [2.75, 3.05) is 46.4 Å². The highest BCUT2D eigenvalue weighted by Crippen LogP contribution is 2.34. The Kier molecular flexibility index (Phi) is 4.91. The minimum Gasteiger partial charge on any atom is -0.379 e. The van der Waals surface area contributed by atoms with Crippen LogP contribution >= 0.6 is 0 Å². The molecule has 21 heavy (non-hydrogen) atoms. The van der Waals surface area contributed by atoms with Crippen LogP contribution in [0.5, 0.6) is 0 Å². The minimum atomic E-state index is 0.531. The molecule has 0 aromatic heterocycles. The Balaban J connectivity index is 1.68. The fraction of sp³-hybridized carbons (Fsp3) is 0.647. The number of benzene rings is 1. The molecule has 0 amide bonds. The quantitative estimate of drug-likeness (QED) is 0.911. The molecule has 2 N–H and O–H groups in total. The Morgan fingerprint density at radius 2 is 2.10 bits per heavy atom. The third-order valence-corrected chi connectivity index (χ3v) is 4.81. The Morgan fingerprint density at radius 3 is 2.81 bits per heavy atom. The summed E-state index contributed by atoms with van der Waals surface area (Å²) in [6.07, 6.45) is 1.19. The molecule has 0 bridgehead atoms. The summed E-state index contributed by atoms with van der Waals surface area (Å²) in [4.78, 5) is 4.93. The molecule has 2 unspecified atom stereocenters. The van der Waals surface area contributed by atoms with Gasteiger partial charge in [0, 0.05) is 32.2 Å². The van der Waals surface area contributed by atoms with E-state index < -0.39 is 0 Å². The number of nitrogens with two attached hydrogens (primary N) is 1. The molecule has 4 heteroatoms. The summed E-state index contributed by atoms with van der Waals surface area (Å²) in [5.74, 6) is 0.642. The lowest BCUT2D eigenvalue weighted by Crippen LogP contribution is -2.35. The summed E-state index contributed by atoms with van der Waals surface area (Å²) in [6.45, 7) is 6.77. The molecule has 1 aromatic rings. The molecule has 2 aliphatic rings. The summed E-state index contributed by atoms with van der Waals surface area (Å²) in [6, 6.07) is 9.63. The van der Waals surface area contributed by atoms with Gasteiger partial charge in [-0.25, -0.2) is 0 Å². The lowest BCUT2D eigenvalue weighted by atomic mass is 9.98. The fourth-order valence-corrected chi connectivity index (χ4v) is 3.58. The van der Waals surface area contributed by atoms with Gasteiger partial charge in [-0.1, -0.05) is 24.3 Å². The van der Waals surface area contributed by atoms with E-state index in [-0.39, 0.29) is 0 Å². The molecule has 2 heterocycles. The summed E-state index contributed by atoms with van der Waals surface area (Å²) in [5.41, 5.74) is 8.70. The lowest BCUT2D eigenvalue weighted by molar-refractivity contribution is 0.0342. The number of nitrogens with zero attached hydrogens (tertiary/aromatic N) is 2. The zero-order valence-electron chi connectivity index (χ0n) is 13.0. The van der Waals surface area contributed by atoms with Gasteiger partial charge in [0.05, 0.1) is 13.2 Å². The van der Waals surface area contributed by atoms with Crippen molar-refractivity contribution in [3.05, 3.63) is 35.4 Å². The van der Waals surface area contributed by atoms with Gasteiger partial charge < -0.3 is 10.5 Å². The Labute approximate surface area is 127 Å². The average molecular weight is 289 g/mol. The van der Waals surface area contributed by atoms with Crippen molar-refractivity contribution < 1.29 is 4.74 Å². The summed E-state index contributed by atoms with van der Waals surface area (Å²) in [7, 11) is 2.22. The van der Waals surface area contributed by atoms with Gasteiger partial charge in [-0.2, -0.15) is 0 Å². The highest BCUT2D eigenvalue weighted by molar-refractivity contribution is 5.27. The van der Waals surface area contributed by atoms with Crippen LogP contribution < -0.4 is 5.73 Å². The van der Waals surface area contributed by atoms with Crippen LogP contribution in [-0.4, -0.2) is 56.2 Å². The van der Waals surface area contributed by atoms with Crippen molar-refractivity contribution in [3.63, 3.8) is 0 Å². The Hall–Kier alpha value is -0.940. The van der Waals surface area contributed by atoms with Gasteiger partial charge in [0.2, 0.25) is 0 Å². The van der Waals surface area contributed by atoms with E-state index in [1.165, 1.54) is 17.5 Å². The van der Waals surface area contributed by atoms with Crippen LogP contribution in [0.1, 0.15) is 23.6 Å². The number of hydrogen-bond donors (Lipinski definition) is 1. The first kappa shape index (κ1) is 15.0. The largest absolute Gasteiger partial charge is 0.379 e. The summed E-state index contributed by atoms with van der Waals surface area (Å²) < 4.78 is 5.42. The Bertz CT molecular complexity index is 459. The molecule has 3 rings (SSSR count). The fourth-order valence-electron chi connectivity index (χ4n) is 3.58. The third kappa shape index (κ3) is 3.64. The van der Waals surface area contributed by atoms with Gasteiger partial charge in [-0.15, -0.1) is 0 Å². The maximum Gasteiger partial charge on any atom is 0.0594 e. The SMILES string of the molecule is CN1CC(CN)CC1c1cccc(CN2CCOCC2)c1. The highest BCUT2D eigenvalue weighted by atomic mass is 16.5. The lowest BCUT2D eigenvalue weighted by Gasteiger charge is -2.27. The zero-order valence-corrected chi connectivity index (χ0v) is 13.0. The molecule has 0 radical (unpaired) electrons. The number of rotatable bonds is 4. The van der Waals surface area contributed by atoms with Gasteiger partial charge in [-0.05, 0) is 37.1 Å². The van der Waals surface area contributed by atoms with E-state index in [4.69, 9.17) is 10.5 Å². The van der Waals surface area contributed by atoms with E-state index in [2.05, 4.69) is 41.1 Å². The smallest absolute Gasteiger partial charge is 0.0594 e. The second kappa shape index (κ2) is 6.88. The first-order valence-corrected chi connectivity index (χ1v) is 8.05. The van der Waals surface area contributed by atoms with Gasteiger partial charge >= 0.3 is 0 Å². The molecule has 116 valence electrons. The van der Waals surface area contributed by atoms with Crippen LogP contribution in [0.3, 0.4) is 0 Å². The van der Waals surface area contributed by atoms with E-state index in [1.54, 1.807) is 0 Å². The van der Waals surface area contributed by atoms with E-state index in [9.17, 15) is 0 Å². The highest BCUT2D eigenvalue weighted by Gasteiger charge is 2.29. The first-order chi connectivity index (χ1) is 10.3. The summed E-state index contributed by atoms with van der Waals surface area (Å²) in [5, 5.41) is 0. The van der Waals surface area contributed by atoms with Crippen molar-refractivity contribution in [1.82, 2.24) is 9.80 Å². The van der Waals surface area contributed by atoms with Crippen LogP contribution in [-0.2, 0) is 11.3 Å². The summed E-state index contributed by atoms with van der Waals surface area (Å²) >= 11 is 0. The van der Waals surface area contributed by atoms with E-state index >= 15 is 0 Å². The number of ether oxygens (including phenoxy) is 1. The van der Waals surface area contributed by atoms with Crippen molar-refractivity contribution >= 4 is 0 Å². The van der Waals surface area contributed by atoms with Crippen LogP contribution in [0.2, 0.25) is 0 Å². The van der Waals surface area contributed by atoms with Gasteiger partial charge in [0.15, 0.2) is 0 Å². The monoisotopic (exact) mass is 289 g/mol. The van der Waals surface area contributed by atoms with Gasteiger partial charge in [0.25, 0.3) is 0 Å². The van der Waals surface area contributed by atoms with E-state index in [0.717, 1.165) is 45.9 Å². The molecule has 2 fully saturated rings. The molecular weight excluding hydrogens is 262 g/mol. The molecule has 1 aromatic carbocycles. The molecule has 2 saturated heterocycles. The average Bonchev–Trinajstić information content (AvgIpc) is 2.90. The van der Waals surface area contributed by atoms with Crippen molar-refractivity contribution in [2.24, 2.45) is 11.7 Å². The molecule has 4 nitrogen and oxygen atoms in total. The Morgan fingerprint density at radius 1 is 1.29 bits per heavy atom. The zero-order chi connectivity index (χ0) is 14.7. The van der Waals surface area contributed by atoms with Crippen molar-refractivity contribution in [3.8, 4) is 0 Å².